The minimum Gasteiger partial charge on any atom is -0.161 e. The fraction of sp³-hybridized carbons (Fsp3) is 1.00. The molecular formula is C10H19ClS. The SMILES string of the molecule is CC(CCl)CSCC1CCCC1. The summed E-state index contributed by atoms with van der Waals surface area (Å²) < 4.78 is 0. The van der Waals surface area contributed by atoms with Crippen molar-refractivity contribution in [2.45, 2.75) is 32.6 Å². The number of rotatable bonds is 5. The lowest BCUT2D eigenvalue weighted by Crippen LogP contribution is -2.03. The standard InChI is InChI=1S/C10H19ClS/c1-9(6-11)7-12-8-10-4-2-3-5-10/h9-10H,2-8H2,1H3. The van der Waals surface area contributed by atoms with Crippen LogP contribution in [0.25, 0.3) is 0 Å². The normalized spacial score (nSPS) is 21.5. The molecule has 0 saturated heterocycles. The van der Waals surface area contributed by atoms with Gasteiger partial charge in [-0.3, -0.25) is 0 Å². The van der Waals surface area contributed by atoms with Crippen LogP contribution in [0.2, 0.25) is 0 Å². The Hall–Kier alpha value is 0.640. The average molecular weight is 207 g/mol. The van der Waals surface area contributed by atoms with Gasteiger partial charge in [0.15, 0.2) is 0 Å². The van der Waals surface area contributed by atoms with E-state index in [1.165, 1.54) is 37.2 Å². The van der Waals surface area contributed by atoms with Crippen molar-refractivity contribution in [3.05, 3.63) is 0 Å². The van der Waals surface area contributed by atoms with Crippen LogP contribution >= 0.6 is 23.4 Å². The fourth-order valence-electron chi connectivity index (χ4n) is 1.66. The van der Waals surface area contributed by atoms with Crippen LogP contribution in [0.4, 0.5) is 0 Å². The van der Waals surface area contributed by atoms with Gasteiger partial charge >= 0.3 is 0 Å². The first kappa shape index (κ1) is 10.7. The van der Waals surface area contributed by atoms with Gasteiger partial charge in [-0.1, -0.05) is 19.8 Å². The Kier molecular flexibility index (Phi) is 5.49. The highest BCUT2D eigenvalue weighted by Crippen LogP contribution is 2.28. The highest BCUT2D eigenvalue weighted by Gasteiger charge is 2.14. The summed E-state index contributed by atoms with van der Waals surface area (Å²) in [6, 6.07) is 0. The summed E-state index contributed by atoms with van der Waals surface area (Å²) in [6.07, 6.45) is 5.89. The second-order valence-electron chi connectivity index (χ2n) is 3.95. The third-order valence-electron chi connectivity index (χ3n) is 2.49. The van der Waals surface area contributed by atoms with Crippen LogP contribution in [-0.2, 0) is 0 Å². The van der Waals surface area contributed by atoms with Gasteiger partial charge in [-0.15, -0.1) is 11.6 Å². The van der Waals surface area contributed by atoms with Gasteiger partial charge in [0.05, 0.1) is 0 Å². The monoisotopic (exact) mass is 206 g/mol. The number of halogens is 1. The van der Waals surface area contributed by atoms with Gasteiger partial charge < -0.3 is 0 Å². The maximum absolute atomic E-state index is 5.73. The molecular weight excluding hydrogens is 188 g/mol. The second kappa shape index (κ2) is 6.15. The highest BCUT2D eigenvalue weighted by atomic mass is 35.5. The average Bonchev–Trinajstić information content (AvgIpc) is 2.57. The lowest BCUT2D eigenvalue weighted by molar-refractivity contribution is 0.621. The molecule has 0 heterocycles. The molecule has 12 heavy (non-hydrogen) atoms. The summed E-state index contributed by atoms with van der Waals surface area (Å²) >= 11 is 7.83. The molecule has 0 N–H and O–H groups in total. The Balaban J connectivity index is 1.94. The van der Waals surface area contributed by atoms with E-state index < -0.39 is 0 Å². The van der Waals surface area contributed by atoms with Crippen LogP contribution < -0.4 is 0 Å². The van der Waals surface area contributed by atoms with Gasteiger partial charge in [-0.25, -0.2) is 0 Å². The van der Waals surface area contributed by atoms with Gasteiger partial charge in [0.2, 0.25) is 0 Å². The van der Waals surface area contributed by atoms with Crippen LogP contribution in [0.15, 0.2) is 0 Å². The van der Waals surface area contributed by atoms with Gasteiger partial charge in [-0.05, 0) is 36.2 Å². The molecule has 1 aliphatic rings. The Bertz CT molecular complexity index is 110. The molecule has 0 amide bonds. The van der Waals surface area contributed by atoms with Gasteiger partial charge in [0, 0.05) is 5.88 Å². The largest absolute Gasteiger partial charge is 0.161 e. The van der Waals surface area contributed by atoms with Crippen LogP contribution in [0.1, 0.15) is 32.6 Å². The van der Waals surface area contributed by atoms with E-state index in [0.29, 0.717) is 5.92 Å². The van der Waals surface area contributed by atoms with Crippen LogP contribution in [0.5, 0.6) is 0 Å². The van der Waals surface area contributed by atoms with E-state index in [-0.39, 0.29) is 0 Å². The molecule has 0 bridgehead atoms. The lowest BCUT2D eigenvalue weighted by Gasteiger charge is -2.10. The molecule has 0 nitrogen and oxygen atoms in total. The summed E-state index contributed by atoms with van der Waals surface area (Å²) in [4.78, 5) is 0. The second-order valence-corrected chi connectivity index (χ2v) is 5.33. The molecule has 0 aromatic rings. The van der Waals surface area contributed by atoms with Crippen LogP contribution in [0.3, 0.4) is 0 Å². The quantitative estimate of drug-likeness (QED) is 0.617. The van der Waals surface area contributed by atoms with E-state index in [1.54, 1.807) is 0 Å². The minimum absolute atomic E-state index is 0.693. The topological polar surface area (TPSA) is 0 Å². The Morgan fingerprint density at radius 3 is 2.67 bits per heavy atom. The van der Waals surface area contributed by atoms with Crippen molar-refractivity contribution in [2.24, 2.45) is 11.8 Å². The van der Waals surface area contributed by atoms with Crippen molar-refractivity contribution in [1.29, 1.82) is 0 Å². The smallest absolute Gasteiger partial charge is 0.0257 e. The van der Waals surface area contributed by atoms with Gasteiger partial charge in [0.1, 0.15) is 0 Å². The minimum atomic E-state index is 0.693. The molecule has 0 spiro atoms. The molecule has 0 aromatic carbocycles. The summed E-state index contributed by atoms with van der Waals surface area (Å²) in [5.74, 6) is 5.16. The molecule has 1 saturated carbocycles. The Morgan fingerprint density at radius 1 is 1.42 bits per heavy atom. The van der Waals surface area contributed by atoms with E-state index in [4.69, 9.17) is 11.6 Å². The molecule has 0 aromatic heterocycles. The molecule has 0 radical (unpaired) electrons. The van der Waals surface area contributed by atoms with Crippen molar-refractivity contribution in [3.63, 3.8) is 0 Å². The highest BCUT2D eigenvalue weighted by molar-refractivity contribution is 7.99. The predicted molar refractivity (Wildman–Crippen MR) is 59.2 cm³/mol. The number of thioether (sulfide) groups is 1. The maximum atomic E-state index is 5.73. The number of alkyl halides is 1. The molecule has 0 aliphatic heterocycles. The molecule has 1 rings (SSSR count). The van der Waals surface area contributed by atoms with Crippen LogP contribution in [-0.4, -0.2) is 17.4 Å². The molecule has 1 aliphatic carbocycles. The fourth-order valence-corrected chi connectivity index (χ4v) is 3.22. The van der Waals surface area contributed by atoms with E-state index in [0.717, 1.165) is 11.8 Å². The summed E-state index contributed by atoms with van der Waals surface area (Å²) in [7, 11) is 0. The van der Waals surface area contributed by atoms with Crippen molar-refractivity contribution in [3.8, 4) is 0 Å². The van der Waals surface area contributed by atoms with Gasteiger partial charge in [-0.2, -0.15) is 11.8 Å². The molecule has 1 fully saturated rings. The first-order valence-corrected chi connectivity index (χ1v) is 6.65. The first-order chi connectivity index (χ1) is 5.83. The zero-order valence-corrected chi connectivity index (χ0v) is 9.46. The van der Waals surface area contributed by atoms with Crippen molar-refractivity contribution < 1.29 is 0 Å². The summed E-state index contributed by atoms with van der Waals surface area (Å²) in [6.45, 7) is 2.23. The maximum Gasteiger partial charge on any atom is 0.0257 e. The zero-order valence-electron chi connectivity index (χ0n) is 7.89. The first-order valence-electron chi connectivity index (χ1n) is 4.96. The Morgan fingerprint density at radius 2 is 2.08 bits per heavy atom. The van der Waals surface area contributed by atoms with Crippen molar-refractivity contribution >= 4 is 23.4 Å². The van der Waals surface area contributed by atoms with E-state index >= 15 is 0 Å². The third-order valence-corrected chi connectivity index (χ3v) is 4.53. The van der Waals surface area contributed by atoms with E-state index in [9.17, 15) is 0 Å². The van der Waals surface area contributed by atoms with Crippen molar-refractivity contribution in [1.82, 2.24) is 0 Å². The summed E-state index contributed by atoms with van der Waals surface area (Å²) in [5.41, 5.74) is 0. The van der Waals surface area contributed by atoms with Crippen LogP contribution in [0, 0.1) is 11.8 Å². The van der Waals surface area contributed by atoms with E-state index in [2.05, 4.69) is 18.7 Å². The molecule has 1 atom stereocenters. The number of hydrogen-bond acceptors (Lipinski definition) is 1. The molecule has 2 heteroatoms. The third kappa shape index (κ3) is 4.04. The number of hydrogen-bond donors (Lipinski definition) is 0. The molecule has 1 unspecified atom stereocenters. The Labute approximate surface area is 85.4 Å². The zero-order chi connectivity index (χ0) is 8.81. The summed E-state index contributed by atoms with van der Waals surface area (Å²) in [5, 5.41) is 0. The predicted octanol–water partition coefficient (Wildman–Crippen LogP) is 3.78. The van der Waals surface area contributed by atoms with Gasteiger partial charge in [0.25, 0.3) is 0 Å². The van der Waals surface area contributed by atoms with Crippen molar-refractivity contribution in [2.75, 3.05) is 17.4 Å². The lowest BCUT2D eigenvalue weighted by atomic mass is 10.1. The molecule has 72 valence electrons. The van der Waals surface area contributed by atoms with E-state index in [1.807, 2.05) is 0 Å².